The maximum atomic E-state index is 13.2. The summed E-state index contributed by atoms with van der Waals surface area (Å²) in [6.45, 7) is 1.23. The molecule has 0 aromatic heterocycles. The lowest BCUT2D eigenvalue weighted by atomic mass is 10.1. The minimum Gasteiger partial charge on any atom is -0.381 e. The third-order valence-corrected chi connectivity index (χ3v) is 6.74. The van der Waals surface area contributed by atoms with Gasteiger partial charge in [-0.25, -0.2) is 8.42 Å². The van der Waals surface area contributed by atoms with Crippen LogP contribution < -0.4 is 5.32 Å². The number of ether oxygens (including phenoxy) is 1. The molecular weight excluding hydrogens is 316 g/mol. The van der Waals surface area contributed by atoms with Gasteiger partial charge in [0.15, 0.2) is 0 Å². The van der Waals surface area contributed by atoms with E-state index in [2.05, 4.69) is 5.32 Å². The highest BCUT2D eigenvalue weighted by atomic mass is 32.2. The van der Waals surface area contributed by atoms with Gasteiger partial charge < -0.3 is 10.1 Å². The number of carbonyl (C=O) groups excluding carboxylic acids is 1. The molecule has 4 rings (SSSR count). The third-order valence-electron chi connectivity index (χ3n) is 4.73. The van der Waals surface area contributed by atoms with E-state index in [9.17, 15) is 13.2 Å². The van der Waals surface area contributed by atoms with E-state index in [1.54, 1.807) is 22.5 Å². The number of hydrogen-bond donors (Lipinski definition) is 1. The van der Waals surface area contributed by atoms with Crippen LogP contribution in [0.4, 0.5) is 5.69 Å². The molecule has 1 saturated carbocycles. The highest BCUT2D eigenvalue weighted by Crippen LogP contribution is 2.37. The Morgan fingerprint density at radius 3 is 2.48 bits per heavy atom. The second kappa shape index (κ2) is 5.58. The van der Waals surface area contributed by atoms with E-state index in [0.717, 1.165) is 36.9 Å². The van der Waals surface area contributed by atoms with E-state index < -0.39 is 10.0 Å². The van der Waals surface area contributed by atoms with Crippen LogP contribution in [0.15, 0.2) is 23.1 Å². The molecule has 3 aliphatic rings. The first kappa shape index (κ1) is 15.1. The maximum absolute atomic E-state index is 13.2. The molecule has 1 amide bonds. The van der Waals surface area contributed by atoms with Crippen molar-refractivity contribution in [1.82, 2.24) is 4.31 Å². The Morgan fingerprint density at radius 2 is 1.78 bits per heavy atom. The van der Waals surface area contributed by atoms with Crippen molar-refractivity contribution >= 4 is 21.6 Å². The van der Waals surface area contributed by atoms with Crippen molar-refractivity contribution in [3.05, 3.63) is 23.8 Å². The molecule has 7 heteroatoms. The zero-order valence-electron chi connectivity index (χ0n) is 12.8. The van der Waals surface area contributed by atoms with Crippen LogP contribution in [-0.4, -0.2) is 43.9 Å². The molecule has 0 bridgehead atoms. The van der Waals surface area contributed by atoms with Gasteiger partial charge in [0.05, 0.1) is 11.3 Å². The number of rotatable bonds is 4. The lowest BCUT2D eigenvalue weighted by Gasteiger charge is -2.33. The van der Waals surface area contributed by atoms with E-state index in [0.29, 0.717) is 18.1 Å². The second-order valence-corrected chi connectivity index (χ2v) is 8.30. The summed E-state index contributed by atoms with van der Waals surface area (Å²) < 4.78 is 33.4. The average molecular weight is 336 g/mol. The number of anilines is 1. The molecule has 1 aromatic rings. The number of fused-ring (bicyclic) bond motifs is 1. The normalized spacial score (nSPS) is 22.2. The zero-order chi connectivity index (χ0) is 16.0. The van der Waals surface area contributed by atoms with E-state index in [1.807, 2.05) is 0 Å². The van der Waals surface area contributed by atoms with Gasteiger partial charge in [-0.15, -0.1) is 0 Å². The molecule has 1 aromatic carbocycles. The number of nitrogens with one attached hydrogen (secondary N) is 1. The first-order valence-corrected chi connectivity index (χ1v) is 9.54. The van der Waals surface area contributed by atoms with Crippen LogP contribution in [-0.2, 0) is 26.0 Å². The van der Waals surface area contributed by atoms with Crippen LogP contribution in [0.1, 0.15) is 31.2 Å². The van der Waals surface area contributed by atoms with Crippen molar-refractivity contribution < 1.29 is 17.9 Å². The number of sulfonamides is 1. The Bertz CT molecular complexity index is 736. The minimum atomic E-state index is -3.54. The van der Waals surface area contributed by atoms with Crippen molar-refractivity contribution in [2.75, 3.05) is 18.5 Å². The summed E-state index contributed by atoms with van der Waals surface area (Å²) in [4.78, 5) is 11.8. The third kappa shape index (κ3) is 2.77. The largest absolute Gasteiger partial charge is 0.381 e. The van der Waals surface area contributed by atoms with E-state index in [-0.39, 0.29) is 24.4 Å². The monoisotopic (exact) mass is 336 g/mol. The van der Waals surface area contributed by atoms with Gasteiger partial charge >= 0.3 is 0 Å². The SMILES string of the molecule is O=C1Cc2cc(S(=O)(=O)N(C3CCOCC3)C3CC3)ccc2N1. The fourth-order valence-electron chi connectivity index (χ4n) is 3.45. The molecule has 1 aliphatic carbocycles. The van der Waals surface area contributed by atoms with Crippen LogP contribution in [0, 0.1) is 0 Å². The van der Waals surface area contributed by atoms with Gasteiger partial charge in [0.25, 0.3) is 0 Å². The standard InChI is InChI=1S/C16H20N2O4S/c19-16-10-11-9-14(3-4-15(11)17-16)23(20,21)18(12-1-2-12)13-5-7-22-8-6-13/h3-4,9,12-13H,1-2,5-8,10H2,(H,17,19). The summed E-state index contributed by atoms with van der Waals surface area (Å²) in [7, 11) is -3.54. The first-order valence-electron chi connectivity index (χ1n) is 8.10. The Balaban J connectivity index is 1.68. The topological polar surface area (TPSA) is 75.7 Å². The summed E-state index contributed by atoms with van der Waals surface area (Å²) in [6.07, 6.45) is 3.62. The second-order valence-electron chi connectivity index (χ2n) is 6.45. The molecule has 2 aliphatic heterocycles. The summed E-state index contributed by atoms with van der Waals surface area (Å²) in [5.74, 6) is -0.0852. The molecule has 1 N–H and O–H groups in total. The van der Waals surface area contributed by atoms with E-state index in [1.165, 1.54) is 0 Å². The minimum absolute atomic E-state index is 0.0225. The van der Waals surface area contributed by atoms with E-state index in [4.69, 9.17) is 4.74 Å². The molecular formula is C16H20N2O4S. The number of benzene rings is 1. The van der Waals surface area contributed by atoms with Gasteiger partial charge in [0.2, 0.25) is 15.9 Å². The maximum Gasteiger partial charge on any atom is 0.243 e. The highest BCUT2D eigenvalue weighted by molar-refractivity contribution is 7.89. The molecule has 2 heterocycles. The molecule has 1 saturated heterocycles. The zero-order valence-corrected chi connectivity index (χ0v) is 13.6. The summed E-state index contributed by atoms with van der Waals surface area (Å²) >= 11 is 0. The fraction of sp³-hybridized carbons (Fsp3) is 0.562. The highest BCUT2D eigenvalue weighted by Gasteiger charge is 2.43. The van der Waals surface area contributed by atoms with Gasteiger partial charge in [0, 0.05) is 31.0 Å². The van der Waals surface area contributed by atoms with Crippen molar-refractivity contribution in [3.63, 3.8) is 0 Å². The van der Waals surface area contributed by atoms with Gasteiger partial charge in [-0.1, -0.05) is 0 Å². The Morgan fingerprint density at radius 1 is 1.09 bits per heavy atom. The molecule has 0 radical (unpaired) electrons. The van der Waals surface area contributed by atoms with Gasteiger partial charge in [-0.3, -0.25) is 4.79 Å². The Labute approximate surface area is 135 Å². The van der Waals surface area contributed by atoms with Crippen molar-refractivity contribution in [2.24, 2.45) is 0 Å². The predicted molar refractivity (Wildman–Crippen MR) is 84.7 cm³/mol. The van der Waals surface area contributed by atoms with Crippen molar-refractivity contribution in [2.45, 2.75) is 49.1 Å². The Kier molecular flexibility index (Phi) is 3.66. The van der Waals surface area contributed by atoms with Gasteiger partial charge in [-0.05, 0) is 49.4 Å². The quantitative estimate of drug-likeness (QED) is 0.904. The van der Waals surface area contributed by atoms with E-state index >= 15 is 0 Å². The van der Waals surface area contributed by atoms with Gasteiger partial charge in [-0.2, -0.15) is 4.31 Å². The number of carbonyl (C=O) groups is 1. The van der Waals surface area contributed by atoms with Gasteiger partial charge in [0.1, 0.15) is 0 Å². The molecule has 23 heavy (non-hydrogen) atoms. The molecule has 0 unspecified atom stereocenters. The van der Waals surface area contributed by atoms with Crippen molar-refractivity contribution in [1.29, 1.82) is 0 Å². The Hall–Kier alpha value is -1.44. The average Bonchev–Trinajstić information content (AvgIpc) is 3.27. The van der Waals surface area contributed by atoms with Crippen LogP contribution in [0.25, 0.3) is 0 Å². The van der Waals surface area contributed by atoms with Crippen LogP contribution in [0.5, 0.6) is 0 Å². The number of amides is 1. The van der Waals surface area contributed by atoms with Crippen molar-refractivity contribution in [3.8, 4) is 0 Å². The summed E-state index contributed by atoms with van der Waals surface area (Å²) in [5.41, 5.74) is 1.48. The molecule has 0 atom stereocenters. The van der Waals surface area contributed by atoms with Crippen LogP contribution in [0.3, 0.4) is 0 Å². The van der Waals surface area contributed by atoms with Crippen LogP contribution >= 0.6 is 0 Å². The van der Waals surface area contributed by atoms with Crippen LogP contribution in [0.2, 0.25) is 0 Å². The first-order chi connectivity index (χ1) is 11.1. The molecule has 2 fully saturated rings. The fourth-order valence-corrected chi connectivity index (χ4v) is 5.43. The molecule has 0 spiro atoms. The summed E-state index contributed by atoms with van der Waals surface area (Å²) in [5, 5.41) is 2.74. The number of hydrogen-bond acceptors (Lipinski definition) is 4. The molecule has 124 valence electrons. The molecule has 6 nitrogen and oxygen atoms in total. The predicted octanol–water partition coefficient (Wildman–Crippen LogP) is 1.51. The summed E-state index contributed by atoms with van der Waals surface area (Å²) in [6, 6.07) is 5.10. The lowest BCUT2D eigenvalue weighted by molar-refractivity contribution is -0.115. The smallest absolute Gasteiger partial charge is 0.243 e. The lowest BCUT2D eigenvalue weighted by Crippen LogP contribution is -2.44. The number of nitrogens with zero attached hydrogens (tertiary/aromatic N) is 1.